The van der Waals surface area contributed by atoms with Crippen molar-refractivity contribution in [3.05, 3.63) is 95.0 Å². The number of carbonyl (C=O) groups is 2. The van der Waals surface area contributed by atoms with Gasteiger partial charge in [-0.15, -0.1) is 0 Å². The topological polar surface area (TPSA) is 224 Å². The SMILES string of the molecule is CC1=NN(c2ccc(S(=O)(=O)O)cc2)C(=O)C1N=Nc1ccc(-c2ccc(N=NC3C(=O)N(c4ccc(S(=O)(=O)O)cc4)N=C3C)c(Cl)c2)cc1Cl. The number of hydrazone groups is 2. The summed E-state index contributed by atoms with van der Waals surface area (Å²) in [5, 5.41) is 27.6. The maximum absolute atomic E-state index is 13.0. The van der Waals surface area contributed by atoms with Gasteiger partial charge in [0, 0.05) is 0 Å². The zero-order valence-corrected chi connectivity index (χ0v) is 29.9. The third-order valence-corrected chi connectivity index (χ3v) is 10.1. The van der Waals surface area contributed by atoms with Gasteiger partial charge in [0.2, 0.25) is 0 Å². The Morgan fingerprint density at radius 1 is 0.596 bits per heavy atom. The number of carbonyl (C=O) groups excluding carboxylic acids is 2. The van der Waals surface area contributed by atoms with Crippen molar-refractivity contribution in [2.24, 2.45) is 30.7 Å². The van der Waals surface area contributed by atoms with Crippen LogP contribution >= 0.6 is 23.2 Å². The van der Waals surface area contributed by atoms with E-state index in [2.05, 4.69) is 30.7 Å². The van der Waals surface area contributed by atoms with Crippen LogP contribution in [0.5, 0.6) is 0 Å². The lowest BCUT2D eigenvalue weighted by Crippen LogP contribution is -2.29. The number of benzene rings is 4. The number of rotatable bonds is 9. The van der Waals surface area contributed by atoms with E-state index in [4.69, 9.17) is 23.2 Å². The average molecular weight is 784 g/mol. The van der Waals surface area contributed by atoms with Crippen LogP contribution in [-0.2, 0) is 29.8 Å². The second-order valence-corrected chi connectivity index (χ2v) is 14.9. The predicted octanol–water partition coefficient (Wildman–Crippen LogP) is 6.90. The zero-order chi connectivity index (χ0) is 37.5. The number of anilines is 2. The van der Waals surface area contributed by atoms with Crippen molar-refractivity contribution in [2.75, 3.05) is 10.0 Å². The first-order valence-corrected chi connectivity index (χ1v) is 18.5. The highest BCUT2D eigenvalue weighted by Crippen LogP contribution is 2.36. The van der Waals surface area contributed by atoms with Crippen molar-refractivity contribution in [3.63, 3.8) is 0 Å². The van der Waals surface area contributed by atoms with E-state index in [1.54, 1.807) is 50.2 Å². The Hall–Kier alpha value is -5.24. The molecule has 16 nitrogen and oxygen atoms in total. The Morgan fingerprint density at radius 3 is 1.25 bits per heavy atom. The summed E-state index contributed by atoms with van der Waals surface area (Å²) in [7, 11) is -8.80. The number of halogens is 2. The van der Waals surface area contributed by atoms with Crippen molar-refractivity contribution in [1.29, 1.82) is 0 Å². The quantitative estimate of drug-likeness (QED) is 0.134. The Kier molecular flexibility index (Phi) is 9.88. The molecule has 0 saturated heterocycles. The highest BCUT2D eigenvalue weighted by molar-refractivity contribution is 7.86. The number of nitrogens with zero attached hydrogens (tertiary/aromatic N) is 8. The van der Waals surface area contributed by atoms with Gasteiger partial charge in [-0.05, 0) is 97.8 Å². The van der Waals surface area contributed by atoms with E-state index in [9.17, 15) is 35.5 Å². The van der Waals surface area contributed by atoms with Crippen LogP contribution in [0.4, 0.5) is 22.7 Å². The highest BCUT2D eigenvalue weighted by Gasteiger charge is 2.36. The molecule has 2 amide bonds. The first-order valence-electron chi connectivity index (χ1n) is 14.9. The van der Waals surface area contributed by atoms with Gasteiger partial charge in [-0.2, -0.15) is 57.5 Å². The minimum Gasteiger partial charge on any atom is -0.282 e. The molecule has 52 heavy (non-hydrogen) atoms. The van der Waals surface area contributed by atoms with Gasteiger partial charge >= 0.3 is 0 Å². The molecule has 2 aliphatic rings. The fraction of sp³-hybridized carbons (Fsp3) is 0.125. The Morgan fingerprint density at radius 2 is 0.942 bits per heavy atom. The smallest absolute Gasteiger partial charge is 0.282 e. The molecule has 2 N–H and O–H groups in total. The van der Waals surface area contributed by atoms with Gasteiger partial charge in [0.1, 0.15) is 11.4 Å². The number of hydrogen-bond acceptors (Lipinski definition) is 12. The molecule has 266 valence electrons. The molecule has 0 bridgehead atoms. The van der Waals surface area contributed by atoms with Crippen LogP contribution in [0.25, 0.3) is 11.1 Å². The molecule has 2 aliphatic heterocycles. The molecular formula is C32H24Cl2N8O8S2. The fourth-order valence-corrected chi connectivity index (χ4v) is 6.44. The third kappa shape index (κ3) is 7.52. The number of azo groups is 2. The van der Waals surface area contributed by atoms with Crippen LogP contribution < -0.4 is 10.0 Å². The second-order valence-electron chi connectivity index (χ2n) is 11.3. The van der Waals surface area contributed by atoms with Crippen molar-refractivity contribution in [3.8, 4) is 11.1 Å². The van der Waals surface area contributed by atoms with Crippen LogP contribution in [0.2, 0.25) is 10.0 Å². The van der Waals surface area contributed by atoms with Crippen molar-refractivity contribution in [2.45, 2.75) is 35.7 Å². The summed E-state index contributed by atoms with van der Waals surface area (Å²) >= 11 is 13.0. The van der Waals surface area contributed by atoms with E-state index in [0.29, 0.717) is 22.6 Å². The van der Waals surface area contributed by atoms with Gasteiger partial charge in [0.25, 0.3) is 32.1 Å². The van der Waals surface area contributed by atoms with Crippen LogP contribution in [0.1, 0.15) is 13.8 Å². The van der Waals surface area contributed by atoms with Gasteiger partial charge in [-0.3, -0.25) is 18.7 Å². The molecule has 2 unspecified atom stereocenters. The van der Waals surface area contributed by atoms with Crippen LogP contribution in [0.3, 0.4) is 0 Å². The molecule has 4 aromatic carbocycles. The highest BCUT2D eigenvalue weighted by atomic mass is 35.5. The summed E-state index contributed by atoms with van der Waals surface area (Å²) in [4.78, 5) is 25.4. The lowest BCUT2D eigenvalue weighted by Gasteiger charge is -2.12. The number of amides is 2. The van der Waals surface area contributed by atoms with E-state index < -0.39 is 44.1 Å². The van der Waals surface area contributed by atoms with Crippen molar-refractivity contribution in [1.82, 2.24) is 0 Å². The van der Waals surface area contributed by atoms with Gasteiger partial charge in [0.05, 0.1) is 42.6 Å². The average Bonchev–Trinajstić information content (AvgIpc) is 3.54. The molecule has 0 aromatic heterocycles. The second kappa shape index (κ2) is 14.1. The van der Waals surface area contributed by atoms with E-state index in [-0.39, 0.29) is 42.6 Å². The molecule has 6 rings (SSSR count). The van der Waals surface area contributed by atoms with E-state index >= 15 is 0 Å². The summed E-state index contributed by atoms with van der Waals surface area (Å²) in [6.07, 6.45) is 0. The van der Waals surface area contributed by atoms with Crippen LogP contribution in [0.15, 0.2) is 125 Å². The van der Waals surface area contributed by atoms with E-state index in [1.807, 2.05) is 0 Å². The standard InChI is InChI=1S/C32H24Cl2N8O8S2/c1-17-29(31(43)41(39-17)21-5-9-23(10-6-21)51(45,46)47)37-35-27-13-3-19(15-25(27)33)20-4-14-28(26(34)16-20)36-38-30-18(2)40-42(32(30)44)22-7-11-24(12-8-22)52(48,49)50/h3-16,29-30H,1-2H3,(H,45,46,47)(H,48,49,50). The summed E-state index contributed by atoms with van der Waals surface area (Å²) < 4.78 is 63.7. The minimum atomic E-state index is -4.40. The van der Waals surface area contributed by atoms with E-state index in [1.165, 1.54) is 24.3 Å². The molecule has 2 heterocycles. The van der Waals surface area contributed by atoms with Crippen molar-refractivity contribution >= 4 is 89.4 Å². The van der Waals surface area contributed by atoms with Crippen LogP contribution in [0, 0.1) is 0 Å². The monoisotopic (exact) mass is 782 g/mol. The molecule has 0 spiro atoms. The Balaban J connectivity index is 1.12. The van der Waals surface area contributed by atoms with E-state index in [0.717, 1.165) is 34.3 Å². The Bertz CT molecular complexity index is 2300. The number of hydrogen-bond donors (Lipinski definition) is 2. The van der Waals surface area contributed by atoms with Gasteiger partial charge < -0.3 is 0 Å². The summed E-state index contributed by atoms with van der Waals surface area (Å²) in [5.74, 6) is -1.05. The first kappa shape index (κ1) is 36.5. The zero-order valence-electron chi connectivity index (χ0n) is 26.7. The normalized spacial score (nSPS) is 18.2. The third-order valence-electron chi connectivity index (χ3n) is 7.74. The predicted molar refractivity (Wildman–Crippen MR) is 192 cm³/mol. The molecular weight excluding hydrogens is 759 g/mol. The molecule has 0 saturated carbocycles. The van der Waals surface area contributed by atoms with Gasteiger partial charge in [-0.1, -0.05) is 35.3 Å². The Labute approximate surface area is 306 Å². The molecule has 4 aromatic rings. The summed E-state index contributed by atoms with van der Waals surface area (Å²) in [6.45, 7) is 3.19. The lowest BCUT2D eigenvalue weighted by molar-refractivity contribution is -0.118. The molecule has 0 aliphatic carbocycles. The molecule has 20 heteroatoms. The minimum absolute atomic E-state index is 0.227. The first-order chi connectivity index (χ1) is 24.5. The molecule has 2 atom stereocenters. The fourth-order valence-electron chi connectivity index (χ4n) is 5.04. The van der Waals surface area contributed by atoms with Gasteiger partial charge in [-0.25, -0.2) is 0 Å². The van der Waals surface area contributed by atoms with Gasteiger partial charge in [0.15, 0.2) is 12.1 Å². The molecule has 0 fully saturated rings. The van der Waals surface area contributed by atoms with Crippen molar-refractivity contribution < 1.29 is 35.5 Å². The summed E-state index contributed by atoms with van der Waals surface area (Å²) in [6, 6.07) is 17.7. The van der Waals surface area contributed by atoms with Crippen LogP contribution in [-0.4, -0.2) is 61.3 Å². The molecule has 0 radical (unpaired) electrons. The lowest BCUT2D eigenvalue weighted by atomic mass is 10.0. The maximum Gasteiger partial charge on any atom is 0.294 e. The summed E-state index contributed by atoms with van der Waals surface area (Å²) in [5.41, 5.74) is 3.14. The largest absolute Gasteiger partial charge is 0.294 e. The maximum atomic E-state index is 13.0.